The van der Waals surface area contributed by atoms with Crippen molar-refractivity contribution in [3.05, 3.63) is 70.0 Å². The van der Waals surface area contributed by atoms with Gasteiger partial charge in [-0.3, -0.25) is 14.2 Å². The number of fused-ring (bicyclic) bond motifs is 6. The van der Waals surface area contributed by atoms with Gasteiger partial charge in [-0.2, -0.15) is 0 Å². The van der Waals surface area contributed by atoms with Crippen LogP contribution in [-0.2, 0) is 35.4 Å². The van der Waals surface area contributed by atoms with E-state index in [0.29, 0.717) is 50.0 Å². The summed E-state index contributed by atoms with van der Waals surface area (Å²) in [6.07, 6.45) is 4.81. The second kappa shape index (κ2) is 17.9. The summed E-state index contributed by atoms with van der Waals surface area (Å²) in [7, 11) is 3.46. The Morgan fingerprint density at radius 2 is 1.10 bits per heavy atom. The minimum atomic E-state index is -0.586. The molecule has 0 spiro atoms. The van der Waals surface area contributed by atoms with E-state index < -0.39 is 11.2 Å². The number of H-pyrrole nitrogens is 1. The molecule has 8 rings (SSSR count). The van der Waals surface area contributed by atoms with Crippen LogP contribution in [-0.4, -0.2) is 129 Å². The lowest BCUT2D eigenvalue weighted by atomic mass is 9.98. The van der Waals surface area contributed by atoms with Crippen LogP contribution in [0.15, 0.2) is 36.4 Å². The molecule has 4 aliphatic heterocycles. The molecule has 0 radical (unpaired) electrons. The fraction of sp³-hybridized carbons (Fsp3) is 0.571. The average molecular weight is 866 g/mol. The predicted octanol–water partition coefficient (Wildman–Crippen LogP) is 8.67. The third-order valence-electron chi connectivity index (χ3n) is 12.6. The van der Waals surface area contributed by atoms with Crippen LogP contribution in [0.2, 0.25) is 0 Å². The molecule has 0 aliphatic carbocycles. The first-order valence-electron chi connectivity index (χ1n) is 22.7. The topological polar surface area (TPSA) is 141 Å². The Hall–Kier alpha value is -5.53. The van der Waals surface area contributed by atoms with Gasteiger partial charge in [0.1, 0.15) is 11.2 Å². The van der Waals surface area contributed by atoms with E-state index in [1.807, 2.05) is 87.7 Å². The van der Waals surface area contributed by atoms with Crippen LogP contribution in [0.4, 0.5) is 14.4 Å². The number of aromatic amines is 1. The van der Waals surface area contributed by atoms with Crippen molar-refractivity contribution in [2.24, 2.45) is 11.8 Å². The van der Waals surface area contributed by atoms with E-state index in [-0.39, 0.29) is 30.0 Å². The Morgan fingerprint density at radius 3 is 1.60 bits per heavy atom. The monoisotopic (exact) mass is 866 g/mol. The maximum atomic E-state index is 13.3. The number of benzene rings is 2. The fourth-order valence-electron chi connectivity index (χ4n) is 9.01. The van der Waals surface area contributed by atoms with Crippen LogP contribution in [0.5, 0.6) is 0 Å². The molecule has 1 N–H and O–H groups in total. The number of nitrogens with zero attached hydrogens (tertiary/aromatic N) is 6. The first kappa shape index (κ1) is 45.5. The summed E-state index contributed by atoms with van der Waals surface area (Å²) >= 11 is 0. The van der Waals surface area contributed by atoms with Crippen molar-refractivity contribution in [1.82, 2.24) is 34.1 Å². The lowest BCUT2D eigenvalue weighted by molar-refractivity contribution is 0.0214. The van der Waals surface area contributed by atoms with Gasteiger partial charge < -0.3 is 39.0 Å². The Morgan fingerprint density at radius 1 is 0.619 bits per heavy atom. The Balaban J connectivity index is 0.000000191. The van der Waals surface area contributed by atoms with E-state index >= 15 is 0 Å². The highest BCUT2D eigenvalue weighted by Crippen LogP contribution is 2.34. The third-order valence-corrected chi connectivity index (χ3v) is 12.6. The summed E-state index contributed by atoms with van der Waals surface area (Å²) < 4.78 is 12.9. The van der Waals surface area contributed by atoms with E-state index in [9.17, 15) is 24.0 Å². The van der Waals surface area contributed by atoms with Gasteiger partial charge in [-0.25, -0.2) is 14.4 Å². The molecular formula is C49H67N7O7. The number of nitrogens with one attached hydrogen (secondary N) is 1. The summed E-state index contributed by atoms with van der Waals surface area (Å²) in [5.41, 5.74) is 6.07. The van der Waals surface area contributed by atoms with Gasteiger partial charge in [0.2, 0.25) is 0 Å². The van der Waals surface area contributed by atoms with Crippen molar-refractivity contribution in [3.8, 4) is 0 Å². The molecule has 5 amide bonds. The standard InChI is InChI=1S/C26H36N4O4.C23H31N3O3/c1-17-9-12-28(13-10-17)23(31)18-7-8-21-19(15-18)20-16-29(25(33)34-26(2,3)4)14-11-22(20)30(21)24(32)27(5)6;1-15-7-10-25(11-8-15)21(27)16-5-6-19-17(13-16)18-14-26(12-9-20(18)24-19)22(28)29-23(2,3)4/h7-8,15,17H,9-14,16H2,1-6H3;5-6,13,15,24H,7-12,14H2,1-4H3. The summed E-state index contributed by atoms with van der Waals surface area (Å²) in [6.45, 7) is 20.8. The van der Waals surface area contributed by atoms with E-state index in [0.717, 1.165) is 108 Å². The van der Waals surface area contributed by atoms with Crippen molar-refractivity contribution in [2.75, 3.05) is 53.4 Å². The summed E-state index contributed by atoms with van der Waals surface area (Å²) in [5.74, 6) is 1.46. The number of aromatic nitrogens is 2. The molecule has 0 bridgehead atoms. The van der Waals surface area contributed by atoms with Crippen LogP contribution >= 0.6 is 0 Å². The number of rotatable bonds is 2. The number of carbonyl (C=O) groups excluding carboxylic acids is 5. The molecule has 2 saturated heterocycles. The second-order valence-corrected chi connectivity index (χ2v) is 20.3. The number of hydrogen-bond acceptors (Lipinski definition) is 7. The van der Waals surface area contributed by atoms with Crippen LogP contribution in [0.3, 0.4) is 0 Å². The number of amides is 5. The number of likely N-dealkylation sites (tertiary alicyclic amines) is 2. The SMILES string of the molecule is CC1CCN(C(=O)c2ccc3[nH]c4c(c3c2)CN(C(=O)OC(C)(C)C)CC4)CC1.CC1CCN(C(=O)c2ccc3c(c2)c2c(n3C(=O)N(C)C)CCN(C(=O)OC(C)(C)C)C2)CC1. The number of carbonyl (C=O) groups is 5. The molecule has 2 fully saturated rings. The van der Waals surface area contributed by atoms with Crippen LogP contribution in [0, 0.1) is 11.8 Å². The molecule has 340 valence electrons. The van der Waals surface area contributed by atoms with Gasteiger partial charge in [-0.1, -0.05) is 13.8 Å². The highest BCUT2D eigenvalue weighted by Gasteiger charge is 2.33. The molecule has 4 aliphatic rings. The zero-order chi connectivity index (χ0) is 45.5. The van der Waals surface area contributed by atoms with Gasteiger partial charge in [0, 0.05) is 116 Å². The molecule has 63 heavy (non-hydrogen) atoms. The predicted molar refractivity (Wildman–Crippen MR) is 244 cm³/mol. The minimum absolute atomic E-state index is 0.0223. The van der Waals surface area contributed by atoms with Crippen molar-refractivity contribution in [2.45, 2.75) is 118 Å². The molecule has 0 atom stereocenters. The van der Waals surface area contributed by atoms with Crippen molar-refractivity contribution >= 4 is 51.8 Å². The van der Waals surface area contributed by atoms with E-state index in [1.165, 1.54) is 0 Å². The van der Waals surface area contributed by atoms with Gasteiger partial charge in [-0.15, -0.1) is 0 Å². The highest BCUT2D eigenvalue weighted by atomic mass is 16.6. The number of ether oxygens (including phenoxy) is 2. The third kappa shape index (κ3) is 10.2. The fourth-order valence-corrected chi connectivity index (χ4v) is 9.01. The van der Waals surface area contributed by atoms with Gasteiger partial charge in [0.15, 0.2) is 0 Å². The van der Waals surface area contributed by atoms with E-state index in [4.69, 9.17) is 9.47 Å². The largest absolute Gasteiger partial charge is 0.444 e. The lowest BCUT2D eigenvalue weighted by Gasteiger charge is -2.31. The average Bonchev–Trinajstić information content (AvgIpc) is 3.76. The smallest absolute Gasteiger partial charge is 0.410 e. The van der Waals surface area contributed by atoms with Crippen LogP contribution in [0.1, 0.15) is 124 Å². The van der Waals surface area contributed by atoms with Gasteiger partial charge in [-0.05, 0) is 115 Å². The second-order valence-electron chi connectivity index (χ2n) is 20.3. The van der Waals surface area contributed by atoms with E-state index in [2.05, 4.69) is 18.8 Å². The molecule has 14 heteroatoms. The summed E-state index contributed by atoms with van der Waals surface area (Å²) in [4.78, 5) is 77.0. The first-order valence-corrected chi connectivity index (χ1v) is 22.7. The molecule has 14 nitrogen and oxygen atoms in total. The van der Waals surface area contributed by atoms with Crippen LogP contribution < -0.4 is 0 Å². The Bertz CT molecular complexity index is 2380. The van der Waals surface area contributed by atoms with Crippen LogP contribution in [0.25, 0.3) is 21.8 Å². The zero-order valence-electron chi connectivity index (χ0n) is 39.1. The maximum absolute atomic E-state index is 13.3. The minimum Gasteiger partial charge on any atom is -0.444 e. The molecule has 0 unspecified atom stereocenters. The molecule has 2 aromatic carbocycles. The van der Waals surface area contributed by atoms with Crippen molar-refractivity contribution in [3.63, 3.8) is 0 Å². The van der Waals surface area contributed by atoms with Gasteiger partial charge in [0.25, 0.3) is 11.8 Å². The quantitative estimate of drug-likeness (QED) is 0.213. The molecular weight excluding hydrogens is 799 g/mol. The molecule has 6 heterocycles. The normalized spacial score (nSPS) is 17.5. The first-order chi connectivity index (χ1) is 29.7. The van der Waals surface area contributed by atoms with Crippen molar-refractivity contribution in [1.29, 1.82) is 0 Å². The molecule has 4 aromatic rings. The lowest BCUT2D eigenvalue weighted by Crippen LogP contribution is -2.40. The van der Waals surface area contributed by atoms with Gasteiger partial charge >= 0.3 is 18.2 Å². The molecule has 0 saturated carbocycles. The zero-order valence-corrected chi connectivity index (χ0v) is 39.1. The summed E-state index contributed by atoms with van der Waals surface area (Å²) in [6, 6.07) is 11.3. The van der Waals surface area contributed by atoms with Crippen molar-refractivity contribution < 1.29 is 33.4 Å². The maximum Gasteiger partial charge on any atom is 0.410 e. The number of hydrogen-bond donors (Lipinski definition) is 1. The number of piperidine rings is 2. The molecule has 2 aromatic heterocycles. The summed E-state index contributed by atoms with van der Waals surface area (Å²) in [5, 5.41) is 1.87. The highest BCUT2D eigenvalue weighted by molar-refractivity contribution is 6.02. The van der Waals surface area contributed by atoms with E-state index in [1.54, 1.807) is 33.4 Å². The van der Waals surface area contributed by atoms with Gasteiger partial charge in [0.05, 0.1) is 18.6 Å². The Kier molecular flexibility index (Phi) is 12.9. The Labute approximate surface area is 371 Å².